The summed E-state index contributed by atoms with van der Waals surface area (Å²) in [5, 5.41) is 1.29. The Morgan fingerprint density at radius 2 is 2.25 bits per heavy atom. The van der Waals surface area contributed by atoms with Gasteiger partial charge in [-0.3, -0.25) is 0 Å². The van der Waals surface area contributed by atoms with E-state index in [0.29, 0.717) is 11.8 Å². The summed E-state index contributed by atoms with van der Waals surface area (Å²) in [6.07, 6.45) is 8.18. The number of aromatic nitrogens is 3. The summed E-state index contributed by atoms with van der Waals surface area (Å²) in [7, 11) is 0. The summed E-state index contributed by atoms with van der Waals surface area (Å²) in [4.78, 5) is 8.46. The van der Waals surface area contributed by atoms with Crippen LogP contribution in [0.2, 0.25) is 5.15 Å². The van der Waals surface area contributed by atoms with Gasteiger partial charge in [-0.15, -0.1) is 0 Å². The third-order valence-corrected chi connectivity index (χ3v) is 4.53. The van der Waals surface area contributed by atoms with Crippen molar-refractivity contribution in [2.75, 3.05) is 6.61 Å². The number of hydrogen-bond acceptors (Lipinski definition) is 4. The van der Waals surface area contributed by atoms with Crippen molar-refractivity contribution in [2.24, 2.45) is 0 Å². The minimum absolute atomic E-state index is 0.0327. The van der Waals surface area contributed by atoms with Gasteiger partial charge in [0.25, 0.3) is 0 Å². The molecule has 0 amide bonds. The van der Waals surface area contributed by atoms with Crippen molar-refractivity contribution in [3.05, 3.63) is 48.0 Å². The van der Waals surface area contributed by atoms with Gasteiger partial charge >= 0.3 is 0 Å². The van der Waals surface area contributed by atoms with E-state index in [9.17, 15) is 0 Å². The Morgan fingerprint density at radius 1 is 1.46 bits per heavy atom. The fourth-order valence-corrected chi connectivity index (χ4v) is 3.18. The molecule has 0 saturated carbocycles. The molecule has 5 nitrogen and oxygen atoms in total. The molecular formula is C18H22ClN3O2. The van der Waals surface area contributed by atoms with Gasteiger partial charge in [-0.25, -0.2) is 9.97 Å². The number of ether oxygens (including phenoxy) is 2. The van der Waals surface area contributed by atoms with Gasteiger partial charge in [0.05, 0.1) is 24.1 Å². The number of halogens is 1. The molecule has 128 valence electrons. The van der Waals surface area contributed by atoms with Gasteiger partial charge in [-0.2, -0.15) is 0 Å². The number of rotatable bonds is 3. The summed E-state index contributed by atoms with van der Waals surface area (Å²) in [5.41, 5.74) is 1.82. The molecule has 1 aliphatic rings. The Labute approximate surface area is 146 Å². The highest BCUT2D eigenvalue weighted by atomic mass is 35.5. The van der Waals surface area contributed by atoms with Crippen LogP contribution in [0, 0.1) is 0 Å². The van der Waals surface area contributed by atoms with Crippen LogP contribution < -0.4 is 0 Å². The van der Waals surface area contributed by atoms with Crippen LogP contribution in [0.25, 0.3) is 11.0 Å². The van der Waals surface area contributed by atoms with E-state index in [0.717, 1.165) is 23.0 Å². The van der Waals surface area contributed by atoms with Crippen LogP contribution in [-0.2, 0) is 9.47 Å². The maximum atomic E-state index is 6.24. The van der Waals surface area contributed by atoms with Crippen LogP contribution in [0.1, 0.15) is 33.2 Å². The third kappa shape index (κ3) is 3.24. The molecule has 0 aromatic carbocycles. The van der Waals surface area contributed by atoms with Gasteiger partial charge < -0.3 is 14.0 Å². The zero-order chi connectivity index (χ0) is 17.3. The zero-order valence-electron chi connectivity index (χ0n) is 14.2. The normalized spacial score (nSPS) is 26.4. The first-order valence-corrected chi connectivity index (χ1v) is 8.45. The second-order valence-corrected chi connectivity index (χ2v) is 6.67. The van der Waals surface area contributed by atoms with Crippen molar-refractivity contribution in [3.8, 4) is 0 Å². The molecule has 0 bridgehead atoms. The fourth-order valence-electron chi connectivity index (χ4n) is 2.99. The highest BCUT2D eigenvalue weighted by Crippen LogP contribution is 2.32. The van der Waals surface area contributed by atoms with Gasteiger partial charge in [0.1, 0.15) is 17.1 Å². The lowest BCUT2D eigenvalue weighted by molar-refractivity contribution is -0.240. The van der Waals surface area contributed by atoms with Crippen LogP contribution in [-0.4, -0.2) is 33.0 Å². The maximum Gasteiger partial charge on any atom is 0.163 e. The molecule has 3 heterocycles. The molecule has 0 N–H and O–H groups in total. The molecule has 0 saturated heterocycles. The van der Waals surface area contributed by atoms with Crippen molar-refractivity contribution in [3.63, 3.8) is 0 Å². The van der Waals surface area contributed by atoms with E-state index in [4.69, 9.17) is 21.1 Å². The topological polar surface area (TPSA) is 49.2 Å². The Kier molecular flexibility index (Phi) is 4.76. The summed E-state index contributed by atoms with van der Waals surface area (Å²) >= 11 is 6.19. The monoisotopic (exact) mass is 347 g/mol. The largest absolute Gasteiger partial charge is 0.346 e. The SMILES string of the molecule is C=C/C1=C/[C@@H](n2ccc3c(Cl)ncnc32)[C@@H](CC)OC(C)(C)OC1. The Morgan fingerprint density at radius 3 is 2.96 bits per heavy atom. The van der Waals surface area contributed by atoms with Crippen molar-refractivity contribution in [1.29, 1.82) is 0 Å². The summed E-state index contributed by atoms with van der Waals surface area (Å²) in [6, 6.07) is 1.90. The molecule has 2 aromatic rings. The molecule has 24 heavy (non-hydrogen) atoms. The van der Waals surface area contributed by atoms with E-state index >= 15 is 0 Å². The molecule has 0 fully saturated rings. The van der Waals surface area contributed by atoms with Crippen molar-refractivity contribution < 1.29 is 9.47 Å². The summed E-state index contributed by atoms with van der Waals surface area (Å²) in [6.45, 7) is 10.3. The van der Waals surface area contributed by atoms with Gasteiger partial charge in [-0.1, -0.05) is 37.3 Å². The second kappa shape index (κ2) is 6.67. The zero-order valence-corrected chi connectivity index (χ0v) is 15.0. The van der Waals surface area contributed by atoms with Gasteiger partial charge in [0.2, 0.25) is 0 Å². The molecule has 2 aromatic heterocycles. The van der Waals surface area contributed by atoms with E-state index in [1.807, 2.05) is 32.2 Å². The van der Waals surface area contributed by atoms with Crippen molar-refractivity contribution in [2.45, 2.75) is 45.1 Å². The predicted molar refractivity (Wildman–Crippen MR) is 95.1 cm³/mol. The van der Waals surface area contributed by atoms with Crippen LogP contribution in [0.15, 0.2) is 42.9 Å². The average Bonchev–Trinajstić information content (AvgIpc) is 2.97. The van der Waals surface area contributed by atoms with Crippen LogP contribution >= 0.6 is 11.6 Å². The van der Waals surface area contributed by atoms with Crippen molar-refractivity contribution >= 4 is 22.6 Å². The van der Waals surface area contributed by atoms with Gasteiger partial charge in [0.15, 0.2) is 5.79 Å². The molecule has 2 atom stereocenters. The summed E-state index contributed by atoms with van der Waals surface area (Å²) in [5.74, 6) is -0.670. The van der Waals surface area contributed by atoms with E-state index in [-0.39, 0.29) is 12.1 Å². The first-order valence-electron chi connectivity index (χ1n) is 8.07. The van der Waals surface area contributed by atoms with Crippen LogP contribution in [0.4, 0.5) is 0 Å². The molecule has 0 spiro atoms. The minimum atomic E-state index is -0.670. The second-order valence-electron chi connectivity index (χ2n) is 6.31. The lowest BCUT2D eigenvalue weighted by Crippen LogP contribution is -2.39. The number of fused-ring (bicyclic) bond motifs is 1. The lowest BCUT2D eigenvalue weighted by Gasteiger charge is -2.36. The first kappa shape index (κ1) is 17.1. The molecule has 6 heteroatoms. The molecular weight excluding hydrogens is 326 g/mol. The van der Waals surface area contributed by atoms with Gasteiger partial charge in [-0.05, 0) is 31.9 Å². The third-order valence-electron chi connectivity index (χ3n) is 4.23. The maximum absolute atomic E-state index is 6.24. The summed E-state index contributed by atoms with van der Waals surface area (Å²) < 4.78 is 14.2. The Bertz CT molecular complexity index is 782. The Hall–Kier alpha value is -1.69. The highest BCUT2D eigenvalue weighted by Gasteiger charge is 2.32. The molecule has 1 aliphatic heterocycles. The minimum Gasteiger partial charge on any atom is -0.346 e. The molecule has 0 unspecified atom stereocenters. The highest BCUT2D eigenvalue weighted by molar-refractivity contribution is 6.33. The van der Waals surface area contributed by atoms with E-state index in [1.54, 1.807) is 0 Å². The molecule has 3 rings (SSSR count). The van der Waals surface area contributed by atoms with Crippen LogP contribution in [0.3, 0.4) is 0 Å². The van der Waals surface area contributed by atoms with E-state index in [2.05, 4.69) is 34.1 Å². The number of hydrogen-bond donors (Lipinski definition) is 0. The first-order chi connectivity index (χ1) is 11.4. The molecule has 0 aliphatic carbocycles. The smallest absolute Gasteiger partial charge is 0.163 e. The van der Waals surface area contributed by atoms with E-state index < -0.39 is 5.79 Å². The van der Waals surface area contributed by atoms with Gasteiger partial charge in [0, 0.05) is 6.20 Å². The number of nitrogens with zero attached hydrogens (tertiary/aromatic N) is 3. The average molecular weight is 348 g/mol. The van der Waals surface area contributed by atoms with Crippen molar-refractivity contribution in [1.82, 2.24) is 14.5 Å². The molecule has 0 radical (unpaired) electrons. The van der Waals surface area contributed by atoms with E-state index in [1.165, 1.54) is 6.33 Å². The predicted octanol–water partition coefficient (Wildman–Crippen LogP) is 4.30. The van der Waals surface area contributed by atoms with Crippen LogP contribution in [0.5, 0.6) is 0 Å². The standard InChI is InChI=1S/C18H22ClN3O2/c1-5-12-9-14(15(6-2)24-18(3,4)23-10-12)22-8-7-13-16(19)20-11-21-17(13)22/h5,7-9,11,14-15H,1,6,10H2,2-4H3/b12-9-/t14-,15-/m1/s1. The fraction of sp³-hybridized carbons (Fsp3) is 0.444. The lowest BCUT2D eigenvalue weighted by atomic mass is 10.0. The Balaban J connectivity index is 2.14. The quantitative estimate of drug-likeness (QED) is 0.777.